The van der Waals surface area contributed by atoms with Crippen molar-refractivity contribution in [2.75, 3.05) is 6.54 Å². The molecule has 8 heavy (non-hydrogen) atoms. The van der Waals surface area contributed by atoms with Crippen LogP contribution >= 0.6 is 0 Å². The molecule has 2 nitrogen and oxygen atoms in total. The molecule has 0 saturated heterocycles. The highest BCUT2D eigenvalue weighted by molar-refractivity contribution is 5.65. The summed E-state index contributed by atoms with van der Waals surface area (Å²) in [4.78, 5) is 9.77. The molecule has 0 atom stereocenters. The lowest BCUT2D eigenvalue weighted by molar-refractivity contribution is -0.104. The Kier molecular flexibility index (Phi) is 3.94. The summed E-state index contributed by atoms with van der Waals surface area (Å²) in [6, 6.07) is 0. The van der Waals surface area contributed by atoms with Gasteiger partial charge in [-0.25, -0.2) is 0 Å². The Morgan fingerprint density at radius 2 is 2.38 bits per heavy atom. The minimum Gasteiger partial charge on any atom is -0.389 e. The molecule has 0 aliphatic rings. The third-order valence-corrected chi connectivity index (χ3v) is 0.774. The molecule has 0 heterocycles. The van der Waals surface area contributed by atoms with Crippen LogP contribution in [0.25, 0.3) is 0 Å². The van der Waals surface area contributed by atoms with Crippen LogP contribution in [0.2, 0.25) is 0 Å². The van der Waals surface area contributed by atoms with Crippen molar-refractivity contribution in [3.63, 3.8) is 0 Å². The highest BCUT2D eigenvalue weighted by Gasteiger charge is 1.78. The number of aldehydes is 1. The van der Waals surface area contributed by atoms with E-state index in [2.05, 4.69) is 5.32 Å². The summed E-state index contributed by atoms with van der Waals surface area (Å²) in [6.45, 7) is 4.72. The van der Waals surface area contributed by atoms with E-state index in [0.29, 0.717) is 0 Å². The minimum absolute atomic E-state index is 0.776. The summed E-state index contributed by atoms with van der Waals surface area (Å²) in [5.74, 6) is 0. The van der Waals surface area contributed by atoms with Gasteiger partial charge in [0.05, 0.1) is 0 Å². The number of rotatable bonds is 3. The molecule has 0 aromatic carbocycles. The Labute approximate surface area is 49.6 Å². The molecule has 0 radical (unpaired) electrons. The number of carbonyl (C=O) groups excluding carboxylic acids is 1. The average Bonchev–Trinajstić information content (AvgIpc) is 1.68. The van der Waals surface area contributed by atoms with Crippen LogP contribution < -0.4 is 5.32 Å². The molecule has 0 aromatic heterocycles. The molecule has 0 spiro atoms. The van der Waals surface area contributed by atoms with Gasteiger partial charge in [0.25, 0.3) is 0 Å². The summed E-state index contributed by atoms with van der Waals surface area (Å²) in [6.07, 6.45) is 2.28. The first-order valence-electron chi connectivity index (χ1n) is 2.67. The molecule has 0 aliphatic heterocycles. The van der Waals surface area contributed by atoms with Crippen LogP contribution in [0.5, 0.6) is 0 Å². The topological polar surface area (TPSA) is 29.1 Å². The van der Waals surface area contributed by atoms with Crippen LogP contribution in [-0.2, 0) is 4.79 Å². The lowest BCUT2D eigenvalue weighted by Gasteiger charge is -1.97. The van der Waals surface area contributed by atoms with Crippen LogP contribution in [-0.4, -0.2) is 12.8 Å². The fourth-order valence-corrected chi connectivity index (χ4v) is 0.440. The van der Waals surface area contributed by atoms with E-state index in [1.807, 2.05) is 13.8 Å². The smallest absolute Gasteiger partial charge is 0.144 e. The molecular weight excluding hydrogens is 102 g/mol. The van der Waals surface area contributed by atoms with Crippen molar-refractivity contribution in [2.45, 2.75) is 13.8 Å². The minimum atomic E-state index is 0.776. The molecule has 0 aromatic rings. The second-order valence-electron chi connectivity index (χ2n) is 1.52. The Morgan fingerprint density at radius 3 is 2.75 bits per heavy atom. The second-order valence-corrected chi connectivity index (χ2v) is 1.52. The van der Waals surface area contributed by atoms with Crippen LogP contribution in [0.3, 0.4) is 0 Å². The molecule has 0 fully saturated rings. The molecule has 0 aliphatic carbocycles. The zero-order valence-electron chi connectivity index (χ0n) is 5.27. The number of nitrogens with one attached hydrogen (secondary N) is 1. The highest BCUT2D eigenvalue weighted by Crippen LogP contribution is 1.79. The first kappa shape index (κ1) is 7.21. The molecule has 0 amide bonds. The molecular formula is C6H11NO. The zero-order chi connectivity index (χ0) is 6.41. The Bertz CT molecular complexity index is 96.7. The third-order valence-electron chi connectivity index (χ3n) is 0.774. The summed E-state index contributed by atoms with van der Waals surface area (Å²) < 4.78 is 0. The van der Waals surface area contributed by atoms with Gasteiger partial charge in [0, 0.05) is 12.2 Å². The van der Waals surface area contributed by atoms with E-state index in [0.717, 1.165) is 18.5 Å². The maximum atomic E-state index is 9.77. The van der Waals surface area contributed by atoms with Gasteiger partial charge in [0.2, 0.25) is 0 Å². The van der Waals surface area contributed by atoms with Gasteiger partial charge in [-0.2, -0.15) is 0 Å². The number of carbonyl (C=O) groups is 1. The number of hydrogen-bond acceptors (Lipinski definition) is 2. The van der Waals surface area contributed by atoms with E-state index in [1.165, 1.54) is 6.08 Å². The second kappa shape index (κ2) is 4.37. The van der Waals surface area contributed by atoms with Crippen molar-refractivity contribution in [2.24, 2.45) is 0 Å². The number of hydrogen-bond donors (Lipinski definition) is 1. The van der Waals surface area contributed by atoms with Crippen molar-refractivity contribution in [3.05, 3.63) is 11.8 Å². The van der Waals surface area contributed by atoms with E-state index >= 15 is 0 Å². The largest absolute Gasteiger partial charge is 0.389 e. The van der Waals surface area contributed by atoms with Gasteiger partial charge in [-0.15, -0.1) is 0 Å². The zero-order valence-corrected chi connectivity index (χ0v) is 5.27. The predicted molar refractivity (Wildman–Crippen MR) is 33.5 cm³/mol. The van der Waals surface area contributed by atoms with Crippen LogP contribution in [0.4, 0.5) is 0 Å². The summed E-state index contributed by atoms with van der Waals surface area (Å²) >= 11 is 0. The normalized spacial score (nSPS) is 11.0. The maximum Gasteiger partial charge on any atom is 0.144 e. The summed E-state index contributed by atoms with van der Waals surface area (Å²) in [5.41, 5.74) is 0.919. The Hall–Kier alpha value is -0.790. The molecule has 0 saturated carbocycles. The van der Waals surface area contributed by atoms with Gasteiger partial charge in [-0.1, -0.05) is 0 Å². The highest BCUT2D eigenvalue weighted by atomic mass is 16.1. The fourth-order valence-electron chi connectivity index (χ4n) is 0.440. The average molecular weight is 113 g/mol. The molecule has 0 bridgehead atoms. The van der Waals surface area contributed by atoms with E-state index < -0.39 is 0 Å². The molecule has 46 valence electrons. The standard InChI is InChI=1S/C6H11NO/c1-3-7-6(2)4-5-8/h4-5,7H,3H2,1-2H3/b6-4+. The predicted octanol–water partition coefficient (Wildman–Crippen LogP) is 0.699. The summed E-state index contributed by atoms with van der Waals surface area (Å²) in [5, 5.41) is 2.98. The van der Waals surface area contributed by atoms with Gasteiger partial charge in [0.1, 0.15) is 6.29 Å². The van der Waals surface area contributed by atoms with Crippen LogP contribution in [0, 0.1) is 0 Å². The van der Waals surface area contributed by atoms with Gasteiger partial charge in [-0.3, -0.25) is 4.79 Å². The van der Waals surface area contributed by atoms with Crippen molar-refractivity contribution in [3.8, 4) is 0 Å². The van der Waals surface area contributed by atoms with E-state index in [1.54, 1.807) is 0 Å². The Balaban J connectivity index is 3.44. The van der Waals surface area contributed by atoms with Crippen molar-refractivity contribution in [1.82, 2.24) is 5.32 Å². The van der Waals surface area contributed by atoms with Gasteiger partial charge >= 0.3 is 0 Å². The lowest BCUT2D eigenvalue weighted by atomic mass is 10.4. The van der Waals surface area contributed by atoms with E-state index in [4.69, 9.17) is 0 Å². The van der Waals surface area contributed by atoms with E-state index in [-0.39, 0.29) is 0 Å². The SMILES string of the molecule is CCN/C(C)=C/C=O. The molecule has 1 N–H and O–H groups in total. The first-order valence-corrected chi connectivity index (χ1v) is 2.67. The molecule has 0 unspecified atom stereocenters. The van der Waals surface area contributed by atoms with Gasteiger partial charge < -0.3 is 5.32 Å². The van der Waals surface area contributed by atoms with Gasteiger partial charge in [-0.05, 0) is 19.9 Å². The Morgan fingerprint density at radius 1 is 1.75 bits per heavy atom. The van der Waals surface area contributed by atoms with Crippen molar-refractivity contribution in [1.29, 1.82) is 0 Å². The lowest BCUT2D eigenvalue weighted by Crippen LogP contribution is -2.08. The van der Waals surface area contributed by atoms with Gasteiger partial charge in [0.15, 0.2) is 0 Å². The molecule has 0 rings (SSSR count). The van der Waals surface area contributed by atoms with Crippen LogP contribution in [0.15, 0.2) is 11.8 Å². The number of allylic oxidation sites excluding steroid dienone is 2. The third kappa shape index (κ3) is 3.40. The van der Waals surface area contributed by atoms with Crippen LogP contribution in [0.1, 0.15) is 13.8 Å². The van der Waals surface area contributed by atoms with Crippen molar-refractivity contribution >= 4 is 6.29 Å². The van der Waals surface area contributed by atoms with Crippen molar-refractivity contribution < 1.29 is 4.79 Å². The fraction of sp³-hybridized carbons (Fsp3) is 0.500. The summed E-state index contributed by atoms with van der Waals surface area (Å²) in [7, 11) is 0. The molecule has 2 heteroatoms. The monoisotopic (exact) mass is 113 g/mol. The quantitative estimate of drug-likeness (QED) is 0.431. The van der Waals surface area contributed by atoms with E-state index in [9.17, 15) is 4.79 Å². The maximum absolute atomic E-state index is 9.77. The first-order chi connectivity index (χ1) is 3.81.